The van der Waals surface area contributed by atoms with Crippen LogP contribution in [0.2, 0.25) is 0 Å². The number of benzene rings is 1. The lowest BCUT2D eigenvalue weighted by atomic mass is 10.2. The van der Waals surface area contributed by atoms with Crippen molar-refractivity contribution >= 4 is 10.0 Å². The minimum Gasteiger partial charge on any atom is -0.495 e. The average molecular weight is 280 g/mol. The predicted octanol–water partition coefficient (Wildman–Crippen LogP) is 2.05. The zero-order chi connectivity index (χ0) is 14.2. The fraction of sp³-hybridized carbons (Fsp3) is 0.308. The molecule has 0 aliphatic heterocycles. The molecule has 0 bridgehead atoms. The zero-order valence-corrected chi connectivity index (χ0v) is 12.2. The van der Waals surface area contributed by atoms with E-state index in [1.165, 1.54) is 7.11 Å². The van der Waals surface area contributed by atoms with Gasteiger partial charge in [-0.2, -0.15) is 17.6 Å². The molecule has 5 nitrogen and oxygen atoms in total. The van der Waals surface area contributed by atoms with Crippen LogP contribution in [0.15, 0.2) is 29.2 Å². The number of rotatable bonds is 3. The van der Waals surface area contributed by atoms with E-state index in [1.54, 1.807) is 38.1 Å². The van der Waals surface area contributed by atoms with Gasteiger partial charge in [-0.05, 0) is 44.5 Å². The summed E-state index contributed by atoms with van der Waals surface area (Å²) in [5.41, 5.74) is 2.16. The van der Waals surface area contributed by atoms with E-state index < -0.39 is 10.0 Å². The molecule has 1 aromatic carbocycles. The van der Waals surface area contributed by atoms with Crippen LogP contribution in [0.3, 0.4) is 0 Å². The van der Waals surface area contributed by atoms with Gasteiger partial charge in [0, 0.05) is 0 Å². The van der Waals surface area contributed by atoms with E-state index in [-0.39, 0.29) is 4.90 Å². The Morgan fingerprint density at radius 2 is 1.84 bits per heavy atom. The van der Waals surface area contributed by atoms with Gasteiger partial charge in [-0.25, -0.2) is 0 Å². The molecule has 0 radical (unpaired) electrons. The van der Waals surface area contributed by atoms with Crippen LogP contribution in [0.5, 0.6) is 5.75 Å². The molecule has 0 unspecified atom stereocenters. The van der Waals surface area contributed by atoms with E-state index in [2.05, 4.69) is 5.10 Å². The van der Waals surface area contributed by atoms with Crippen LogP contribution in [-0.2, 0) is 10.0 Å². The van der Waals surface area contributed by atoms with Crippen molar-refractivity contribution in [3.8, 4) is 5.75 Å². The number of ether oxygens (including phenoxy) is 1. The second kappa shape index (κ2) is 4.70. The van der Waals surface area contributed by atoms with Crippen LogP contribution in [0.4, 0.5) is 0 Å². The lowest BCUT2D eigenvalue weighted by Gasteiger charge is -2.11. The molecular formula is C13H16N2O3S. The van der Waals surface area contributed by atoms with Gasteiger partial charge in [-0.1, -0.05) is 6.07 Å². The molecule has 1 heterocycles. The van der Waals surface area contributed by atoms with Gasteiger partial charge in [-0.15, -0.1) is 0 Å². The summed E-state index contributed by atoms with van der Waals surface area (Å²) < 4.78 is 31.4. The number of hydrogen-bond donors (Lipinski definition) is 0. The van der Waals surface area contributed by atoms with Gasteiger partial charge in [0.25, 0.3) is 10.0 Å². The molecule has 0 atom stereocenters. The normalized spacial score (nSPS) is 11.6. The molecule has 0 fully saturated rings. The molecule has 6 heteroatoms. The summed E-state index contributed by atoms with van der Waals surface area (Å²) in [5, 5.41) is 4.03. The molecule has 19 heavy (non-hydrogen) atoms. The van der Waals surface area contributed by atoms with Gasteiger partial charge in [-0.3, -0.25) is 0 Å². The minimum absolute atomic E-state index is 0.117. The first-order valence-corrected chi connectivity index (χ1v) is 7.24. The van der Waals surface area contributed by atoms with Crippen molar-refractivity contribution in [1.82, 2.24) is 9.19 Å². The van der Waals surface area contributed by atoms with Gasteiger partial charge in [0.2, 0.25) is 0 Å². The van der Waals surface area contributed by atoms with Gasteiger partial charge < -0.3 is 4.74 Å². The number of aromatic nitrogens is 2. The van der Waals surface area contributed by atoms with Crippen LogP contribution in [0.25, 0.3) is 0 Å². The highest BCUT2D eigenvalue weighted by Gasteiger charge is 2.24. The maximum absolute atomic E-state index is 12.6. The van der Waals surface area contributed by atoms with Crippen LogP contribution in [0.1, 0.15) is 17.0 Å². The molecule has 102 valence electrons. The van der Waals surface area contributed by atoms with E-state index in [0.29, 0.717) is 17.1 Å². The lowest BCUT2D eigenvalue weighted by molar-refractivity contribution is 0.402. The summed E-state index contributed by atoms with van der Waals surface area (Å²) in [4.78, 5) is 0.117. The Balaban J connectivity index is 2.66. The van der Waals surface area contributed by atoms with Crippen molar-refractivity contribution in [2.45, 2.75) is 25.7 Å². The van der Waals surface area contributed by atoms with Gasteiger partial charge in [0.1, 0.15) is 10.6 Å². The Labute approximate surface area is 112 Å². The molecule has 0 aliphatic rings. The highest BCUT2D eigenvalue weighted by molar-refractivity contribution is 7.90. The Hall–Kier alpha value is -1.82. The Morgan fingerprint density at radius 3 is 2.37 bits per heavy atom. The van der Waals surface area contributed by atoms with Crippen LogP contribution in [0, 0.1) is 20.8 Å². The first kappa shape index (κ1) is 13.6. The molecule has 0 spiro atoms. The lowest BCUT2D eigenvalue weighted by Crippen LogP contribution is -2.17. The fourth-order valence-electron chi connectivity index (χ4n) is 1.93. The molecule has 2 rings (SSSR count). The smallest absolute Gasteiger partial charge is 0.286 e. The fourth-order valence-corrected chi connectivity index (χ4v) is 3.42. The zero-order valence-electron chi connectivity index (χ0n) is 11.3. The van der Waals surface area contributed by atoms with Crippen molar-refractivity contribution < 1.29 is 13.2 Å². The number of nitrogens with zero attached hydrogens (tertiary/aromatic N) is 2. The average Bonchev–Trinajstić information content (AvgIpc) is 2.68. The van der Waals surface area contributed by atoms with Crippen molar-refractivity contribution in [2.75, 3.05) is 7.11 Å². The molecular weight excluding hydrogens is 264 g/mol. The van der Waals surface area contributed by atoms with E-state index >= 15 is 0 Å². The third-order valence-electron chi connectivity index (χ3n) is 2.79. The molecule has 0 N–H and O–H groups in total. The maximum Gasteiger partial charge on any atom is 0.286 e. The molecule has 2 aromatic rings. The quantitative estimate of drug-likeness (QED) is 0.863. The van der Waals surface area contributed by atoms with Gasteiger partial charge >= 0.3 is 0 Å². The minimum atomic E-state index is -3.73. The highest BCUT2D eigenvalue weighted by Crippen LogP contribution is 2.27. The summed E-state index contributed by atoms with van der Waals surface area (Å²) in [6.45, 7) is 5.34. The SMILES string of the molecule is COc1cc(C)ccc1S(=O)(=O)n1nc(C)cc1C. The summed E-state index contributed by atoms with van der Waals surface area (Å²) in [5.74, 6) is 0.326. The van der Waals surface area contributed by atoms with Gasteiger partial charge in [0.05, 0.1) is 18.5 Å². The molecule has 0 saturated heterocycles. The number of hydrogen-bond acceptors (Lipinski definition) is 4. The summed E-state index contributed by atoms with van der Waals surface area (Å²) in [6, 6.07) is 6.69. The first-order chi connectivity index (χ1) is 8.86. The Bertz CT molecular complexity index is 717. The number of methoxy groups -OCH3 is 1. The molecule has 0 amide bonds. The maximum atomic E-state index is 12.6. The third-order valence-corrected chi connectivity index (χ3v) is 4.51. The largest absolute Gasteiger partial charge is 0.495 e. The topological polar surface area (TPSA) is 61.2 Å². The van der Waals surface area contributed by atoms with Crippen molar-refractivity contribution in [3.05, 3.63) is 41.2 Å². The summed E-state index contributed by atoms with van der Waals surface area (Å²) in [7, 11) is -2.27. The summed E-state index contributed by atoms with van der Waals surface area (Å²) in [6.07, 6.45) is 0. The Kier molecular flexibility index (Phi) is 3.36. The summed E-state index contributed by atoms with van der Waals surface area (Å²) >= 11 is 0. The predicted molar refractivity (Wildman–Crippen MR) is 72.0 cm³/mol. The van der Waals surface area contributed by atoms with Crippen molar-refractivity contribution in [1.29, 1.82) is 0 Å². The van der Waals surface area contributed by atoms with Crippen LogP contribution >= 0.6 is 0 Å². The molecule has 0 saturated carbocycles. The third kappa shape index (κ3) is 2.35. The van der Waals surface area contributed by atoms with Crippen LogP contribution in [-0.4, -0.2) is 24.7 Å². The number of aryl methyl sites for hydroxylation is 3. The van der Waals surface area contributed by atoms with Crippen molar-refractivity contribution in [3.63, 3.8) is 0 Å². The molecule has 1 aromatic heterocycles. The monoisotopic (exact) mass is 280 g/mol. The molecule has 0 aliphatic carbocycles. The van der Waals surface area contributed by atoms with E-state index in [1.807, 2.05) is 6.92 Å². The first-order valence-electron chi connectivity index (χ1n) is 5.80. The van der Waals surface area contributed by atoms with Gasteiger partial charge in [0.15, 0.2) is 0 Å². The second-order valence-electron chi connectivity index (χ2n) is 4.43. The second-order valence-corrected chi connectivity index (χ2v) is 6.17. The van der Waals surface area contributed by atoms with E-state index in [4.69, 9.17) is 4.74 Å². The van der Waals surface area contributed by atoms with E-state index in [9.17, 15) is 8.42 Å². The van der Waals surface area contributed by atoms with E-state index in [0.717, 1.165) is 9.65 Å². The van der Waals surface area contributed by atoms with Crippen LogP contribution < -0.4 is 4.74 Å². The Morgan fingerprint density at radius 1 is 1.16 bits per heavy atom. The van der Waals surface area contributed by atoms with Crippen molar-refractivity contribution in [2.24, 2.45) is 0 Å². The standard InChI is InChI=1S/C13H16N2O3S/c1-9-5-6-13(12(7-9)18-4)19(16,17)15-11(3)8-10(2)14-15/h5-8H,1-4H3. The highest BCUT2D eigenvalue weighted by atomic mass is 32.2.